The average Bonchev–Trinajstić information content (AvgIpc) is 2.46. The van der Waals surface area contributed by atoms with E-state index in [2.05, 4.69) is 10.3 Å². The summed E-state index contributed by atoms with van der Waals surface area (Å²) in [5.41, 5.74) is 6.56. The highest BCUT2D eigenvalue weighted by atomic mass is 16.2. The van der Waals surface area contributed by atoms with Gasteiger partial charge in [-0.25, -0.2) is 0 Å². The molecule has 1 amide bonds. The normalized spacial score (nSPS) is 18.9. The second kappa shape index (κ2) is 8.00. The summed E-state index contributed by atoms with van der Waals surface area (Å²) in [6.07, 6.45) is 10.7. The van der Waals surface area contributed by atoms with Crippen LogP contribution in [0.4, 0.5) is 0 Å². The third-order valence-corrected chi connectivity index (χ3v) is 4.08. The first-order valence-electron chi connectivity index (χ1n) is 7.71. The molecule has 1 saturated carbocycles. The second-order valence-electron chi connectivity index (χ2n) is 5.69. The first kappa shape index (κ1) is 15.0. The molecule has 4 heteroatoms. The lowest BCUT2D eigenvalue weighted by Crippen LogP contribution is -2.37. The molecule has 0 aliphatic heterocycles. The number of nitrogens with two attached hydrogens (primary N) is 1. The number of nitrogens with zero attached hydrogens (tertiary/aromatic N) is 1. The van der Waals surface area contributed by atoms with E-state index in [-0.39, 0.29) is 5.91 Å². The molecule has 1 aromatic rings. The maximum absolute atomic E-state index is 12.1. The van der Waals surface area contributed by atoms with E-state index < -0.39 is 6.04 Å². The van der Waals surface area contributed by atoms with Crippen molar-refractivity contribution in [3.05, 3.63) is 30.1 Å². The number of pyridine rings is 1. The number of aromatic nitrogens is 1. The minimum atomic E-state index is -0.662. The van der Waals surface area contributed by atoms with E-state index in [0.717, 1.165) is 6.54 Å². The van der Waals surface area contributed by atoms with Gasteiger partial charge < -0.3 is 11.1 Å². The van der Waals surface area contributed by atoms with Crippen LogP contribution in [0.2, 0.25) is 0 Å². The van der Waals surface area contributed by atoms with Crippen molar-refractivity contribution < 1.29 is 4.79 Å². The molecule has 0 bridgehead atoms. The number of hydrogen-bond acceptors (Lipinski definition) is 3. The predicted octanol–water partition coefficient (Wildman–Crippen LogP) is 2.56. The highest BCUT2D eigenvalue weighted by molar-refractivity contribution is 5.82. The van der Waals surface area contributed by atoms with Crippen molar-refractivity contribution in [1.29, 1.82) is 0 Å². The third-order valence-electron chi connectivity index (χ3n) is 4.08. The van der Waals surface area contributed by atoms with E-state index in [0.29, 0.717) is 11.6 Å². The van der Waals surface area contributed by atoms with Crippen LogP contribution in [0.1, 0.15) is 56.7 Å². The second-order valence-corrected chi connectivity index (χ2v) is 5.69. The zero-order valence-corrected chi connectivity index (χ0v) is 12.1. The van der Waals surface area contributed by atoms with Crippen molar-refractivity contribution in [2.45, 2.75) is 51.0 Å². The largest absolute Gasteiger partial charge is 0.354 e. The number of carbonyl (C=O) groups excluding carboxylic acids is 1. The molecule has 1 aromatic heterocycles. The summed E-state index contributed by atoms with van der Waals surface area (Å²) in [7, 11) is 0. The van der Waals surface area contributed by atoms with Gasteiger partial charge in [-0.1, -0.05) is 38.2 Å². The average molecular weight is 275 g/mol. The molecular weight excluding hydrogens is 250 g/mol. The molecule has 2 rings (SSSR count). The van der Waals surface area contributed by atoms with Crippen molar-refractivity contribution >= 4 is 5.91 Å². The number of nitrogens with one attached hydrogen (secondary N) is 1. The van der Waals surface area contributed by atoms with E-state index >= 15 is 0 Å². The lowest BCUT2D eigenvalue weighted by molar-refractivity contribution is -0.122. The molecule has 1 aliphatic carbocycles. The van der Waals surface area contributed by atoms with E-state index in [1.807, 2.05) is 12.1 Å². The fraction of sp³-hybridized carbons (Fsp3) is 0.625. The molecular formula is C16H25N3O. The summed E-state index contributed by atoms with van der Waals surface area (Å²) in [6.45, 7) is 0.749. The van der Waals surface area contributed by atoms with Gasteiger partial charge in [-0.3, -0.25) is 9.78 Å². The van der Waals surface area contributed by atoms with E-state index in [9.17, 15) is 4.79 Å². The van der Waals surface area contributed by atoms with Gasteiger partial charge in [0.15, 0.2) is 0 Å². The van der Waals surface area contributed by atoms with Crippen LogP contribution in [0.15, 0.2) is 24.4 Å². The Morgan fingerprint density at radius 3 is 2.60 bits per heavy atom. The van der Waals surface area contributed by atoms with Crippen molar-refractivity contribution in [2.24, 2.45) is 11.7 Å². The van der Waals surface area contributed by atoms with Crippen LogP contribution < -0.4 is 11.1 Å². The summed E-state index contributed by atoms with van der Waals surface area (Å²) in [5.74, 6) is 0.487. The maximum atomic E-state index is 12.1. The molecule has 110 valence electrons. The standard InChI is InChI=1S/C16H25N3O/c17-15(14-10-6-7-11-18-14)16(20)19-12-13-8-4-2-1-3-5-9-13/h6-7,10-11,13,15H,1-5,8-9,12,17H2,(H,19,20). The molecule has 0 saturated heterocycles. The molecule has 20 heavy (non-hydrogen) atoms. The molecule has 4 nitrogen and oxygen atoms in total. The lowest BCUT2D eigenvalue weighted by atomic mass is 9.91. The smallest absolute Gasteiger partial charge is 0.243 e. The molecule has 0 aromatic carbocycles. The first-order chi connectivity index (χ1) is 9.77. The van der Waals surface area contributed by atoms with E-state index in [1.54, 1.807) is 12.3 Å². The topological polar surface area (TPSA) is 68.0 Å². The van der Waals surface area contributed by atoms with Crippen LogP contribution in [-0.4, -0.2) is 17.4 Å². The quantitative estimate of drug-likeness (QED) is 0.887. The Bertz CT molecular complexity index is 399. The zero-order valence-electron chi connectivity index (χ0n) is 12.1. The van der Waals surface area contributed by atoms with Crippen molar-refractivity contribution in [3.8, 4) is 0 Å². The Kier molecular flexibility index (Phi) is 5.99. The van der Waals surface area contributed by atoms with Crippen LogP contribution >= 0.6 is 0 Å². The van der Waals surface area contributed by atoms with Gasteiger partial charge in [0.1, 0.15) is 6.04 Å². The van der Waals surface area contributed by atoms with Gasteiger partial charge in [0.25, 0.3) is 0 Å². The predicted molar refractivity (Wildman–Crippen MR) is 80.0 cm³/mol. The van der Waals surface area contributed by atoms with E-state index in [4.69, 9.17) is 5.73 Å². The summed E-state index contributed by atoms with van der Waals surface area (Å²) >= 11 is 0. The third kappa shape index (κ3) is 4.60. The van der Waals surface area contributed by atoms with Gasteiger partial charge in [0.05, 0.1) is 5.69 Å². The first-order valence-corrected chi connectivity index (χ1v) is 7.71. The van der Waals surface area contributed by atoms with Crippen molar-refractivity contribution in [3.63, 3.8) is 0 Å². The highest BCUT2D eigenvalue weighted by Gasteiger charge is 2.18. The Labute approximate surface area is 121 Å². The number of amides is 1. The van der Waals surface area contributed by atoms with Gasteiger partial charge in [0.2, 0.25) is 5.91 Å². The van der Waals surface area contributed by atoms with Crippen LogP contribution in [0.3, 0.4) is 0 Å². The molecule has 3 N–H and O–H groups in total. The van der Waals surface area contributed by atoms with E-state index in [1.165, 1.54) is 44.9 Å². The Balaban J connectivity index is 1.79. The Morgan fingerprint density at radius 2 is 1.95 bits per heavy atom. The van der Waals surface area contributed by atoms with Gasteiger partial charge >= 0.3 is 0 Å². The van der Waals surface area contributed by atoms with Crippen LogP contribution in [0.5, 0.6) is 0 Å². The van der Waals surface area contributed by atoms with Gasteiger partial charge in [-0.15, -0.1) is 0 Å². The van der Waals surface area contributed by atoms with Crippen molar-refractivity contribution in [2.75, 3.05) is 6.54 Å². The van der Waals surface area contributed by atoms with Crippen LogP contribution in [0, 0.1) is 5.92 Å². The monoisotopic (exact) mass is 275 g/mol. The fourth-order valence-corrected chi connectivity index (χ4v) is 2.79. The van der Waals surface area contributed by atoms with Crippen molar-refractivity contribution in [1.82, 2.24) is 10.3 Å². The summed E-state index contributed by atoms with van der Waals surface area (Å²) in [5, 5.41) is 2.99. The number of carbonyl (C=O) groups is 1. The minimum Gasteiger partial charge on any atom is -0.354 e. The molecule has 1 atom stereocenters. The molecule has 0 spiro atoms. The Morgan fingerprint density at radius 1 is 1.25 bits per heavy atom. The lowest BCUT2D eigenvalue weighted by Gasteiger charge is -2.21. The maximum Gasteiger partial charge on any atom is 0.243 e. The van der Waals surface area contributed by atoms with Gasteiger partial charge in [-0.2, -0.15) is 0 Å². The summed E-state index contributed by atoms with van der Waals surface area (Å²) in [6, 6.07) is 4.80. The van der Waals surface area contributed by atoms with Gasteiger partial charge in [0, 0.05) is 12.7 Å². The molecule has 1 unspecified atom stereocenters. The molecule has 1 aliphatic rings. The van der Waals surface area contributed by atoms with Crippen LogP contribution in [-0.2, 0) is 4.79 Å². The molecule has 0 radical (unpaired) electrons. The fourth-order valence-electron chi connectivity index (χ4n) is 2.79. The zero-order chi connectivity index (χ0) is 14.2. The SMILES string of the molecule is NC(C(=O)NCC1CCCCCCC1)c1ccccn1. The van der Waals surface area contributed by atoms with Gasteiger partial charge in [-0.05, 0) is 30.9 Å². The molecule has 1 fully saturated rings. The minimum absolute atomic E-state index is 0.120. The molecule has 1 heterocycles. The number of rotatable bonds is 4. The Hall–Kier alpha value is -1.42. The number of hydrogen-bond donors (Lipinski definition) is 2. The summed E-state index contributed by atoms with van der Waals surface area (Å²) in [4.78, 5) is 16.2. The summed E-state index contributed by atoms with van der Waals surface area (Å²) < 4.78 is 0. The van der Waals surface area contributed by atoms with Crippen LogP contribution in [0.25, 0.3) is 0 Å². The highest BCUT2D eigenvalue weighted by Crippen LogP contribution is 2.21.